The second kappa shape index (κ2) is 17.4. The number of carbonyl (C=O) groups is 4. The van der Waals surface area contributed by atoms with Gasteiger partial charge in [-0.25, -0.2) is 4.79 Å². The molecule has 5 N–H and O–H groups in total. The first-order valence-electron chi connectivity index (χ1n) is 15.5. The van der Waals surface area contributed by atoms with Crippen LogP contribution in [0.3, 0.4) is 0 Å². The molecule has 1 aliphatic heterocycles. The molecule has 0 aromatic heterocycles. The third kappa shape index (κ3) is 11.3. The van der Waals surface area contributed by atoms with Gasteiger partial charge < -0.3 is 40.9 Å². The topological polar surface area (TPSA) is 171 Å². The lowest BCUT2D eigenvalue weighted by atomic mass is 9.92. The van der Waals surface area contributed by atoms with E-state index in [0.717, 1.165) is 11.1 Å². The van der Waals surface area contributed by atoms with Crippen molar-refractivity contribution in [3.05, 3.63) is 71.8 Å². The molecule has 1 unspecified atom stereocenters. The highest BCUT2D eigenvalue weighted by molar-refractivity contribution is 6.00. The average Bonchev–Trinajstić information content (AvgIpc) is 3.80. The van der Waals surface area contributed by atoms with Crippen LogP contribution in [0.25, 0.3) is 0 Å². The van der Waals surface area contributed by atoms with Gasteiger partial charge in [0.2, 0.25) is 11.8 Å². The molecule has 1 heterocycles. The molecule has 1 aliphatic rings. The van der Waals surface area contributed by atoms with Gasteiger partial charge in [0.1, 0.15) is 17.7 Å². The van der Waals surface area contributed by atoms with E-state index in [2.05, 4.69) is 21.3 Å². The lowest BCUT2D eigenvalue weighted by molar-refractivity contribution is -0.136. The van der Waals surface area contributed by atoms with E-state index in [4.69, 9.17) is 19.6 Å². The van der Waals surface area contributed by atoms with Crippen LogP contribution < -0.4 is 21.3 Å². The van der Waals surface area contributed by atoms with Gasteiger partial charge in [-0.1, -0.05) is 74.5 Å². The number of epoxide rings is 1. The molecule has 3 rings (SSSR count). The Hall–Kier alpha value is -4.29. The van der Waals surface area contributed by atoms with Crippen LogP contribution in [-0.2, 0) is 41.4 Å². The minimum absolute atomic E-state index is 0.168. The number of alkyl carbamates (subject to hydrolysis) is 1. The molecule has 2 aromatic carbocycles. The van der Waals surface area contributed by atoms with Gasteiger partial charge in [0.05, 0.1) is 25.0 Å². The van der Waals surface area contributed by atoms with E-state index >= 15 is 0 Å². The molecule has 46 heavy (non-hydrogen) atoms. The van der Waals surface area contributed by atoms with E-state index in [1.54, 1.807) is 0 Å². The number of carbonyl (C=O) groups excluding carboxylic acids is 4. The summed E-state index contributed by atoms with van der Waals surface area (Å²) in [6, 6.07) is 15.8. The van der Waals surface area contributed by atoms with Gasteiger partial charge in [-0.05, 0) is 43.2 Å². The Morgan fingerprint density at radius 1 is 0.870 bits per heavy atom. The molecule has 0 saturated carbocycles. The van der Waals surface area contributed by atoms with Crippen molar-refractivity contribution in [1.29, 1.82) is 5.41 Å². The number of hydrogen-bond donors (Lipinski definition) is 5. The van der Waals surface area contributed by atoms with E-state index in [-0.39, 0.29) is 31.1 Å². The number of ether oxygens (including phenoxy) is 3. The minimum Gasteiger partial charge on any atom is -0.436 e. The van der Waals surface area contributed by atoms with E-state index < -0.39 is 53.6 Å². The van der Waals surface area contributed by atoms with Gasteiger partial charge in [-0.15, -0.1) is 0 Å². The summed E-state index contributed by atoms with van der Waals surface area (Å²) in [6.07, 6.45) is -0.658. The van der Waals surface area contributed by atoms with E-state index in [1.807, 2.05) is 81.4 Å². The molecule has 0 radical (unpaired) electrons. The van der Waals surface area contributed by atoms with Gasteiger partial charge in [-0.2, -0.15) is 0 Å². The fourth-order valence-electron chi connectivity index (χ4n) is 4.94. The zero-order valence-electron chi connectivity index (χ0n) is 27.3. The van der Waals surface area contributed by atoms with Crippen LogP contribution in [-0.4, -0.2) is 86.7 Å². The first-order valence-corrected chi connectivity index (χ1v) is 15.5. The van der Waals surface area contributed by atoms with Crippen LogP contribution in [0.5, 0.6) is 0 Å². The number of methoxy groups -OCH3 is 1. The highest BCUT2D eigenvalue weighted by Gasteiger charge is 2.47. The molecule has 12 heteroatoms. The van der Waals surface area contributed by atoms with Crippen LogP contribution >= 0.6 is 0 Å². The van der Waals surface area contributed by atoms with Crippen LogP contribution in [0.1, 0.15) is 44.7 Å². The largest absolute Gasteiger partial charge is 0.436 e. The maximum atomic E-state index is 13.8. The number of hydrogen-bond acceptors (Lipinski definition) is 8. The maximum Gasteiger partial charge on any atom is 0.407 e. The predicted molar refractivity (Wildman–Crippen MR) is 173 cm³/mol. The number of aryl methyl sites for hydroxylation is 1. The van der Waals surface area contributed by atoms with Crippen LogP contribution in [0.15, 0.2) is 60.7 Å². The van der Waals surface area contributed by atoms with Crippen molar-refractivity contribution in [2.24, 2.45) is 5.92 Å². The molecule has 2 aromatic rings. The van der Waals surface area contributed by atoms with Crippen molar-refractivity contribution in [3.8, 4) is 0 Å². The second-order valence-electron chi connectivity index (χ2n) is 12.1. The fourth-order valence-corrected chi connectivity index (χ4v) is 4.94. The second-order valence-corrected chi connectivity index (χ2v) is 12.1. The zero-order valence-corrected chi connectivity index (χ0v) is 27.3. The molecule has 1 fully saturated rings. The lowest BCUT2D eigenvalue weighted by Crippen LogP contribution is -2.59. The SMILES string of the molecule is CNC(=O)OC(CCc1ccccc1)C(=O)N[C@@H](COC)C(=O)N[C@@H](Cc1ccccc1)C(=O)N[C@@H](CC(C)C)C(=N)[C@@]1(C)CO1. The molecule has 12 nitrogen and oxygen atoms in total. The summed E-state index contributed by atoms with van der Waals surface area (Å²) >= 11 is 0. The van der Waals surface area contributed by atoms with Crippen molar-refractivity contribution in [2.45, 2.75) is 76.3 Å². The Kier molecular flexibility index (Phi) is 13.7. The Morgan fingerprint density at radius 2 is 1.41 bits per heavy atom. The average molecular weight is 638 g/mol. The Balaban J connectivity index is 1.78. The molecule has 1 saturated heterocycles. The zero-order chi connectivity index (χ0) is 33.7. The summed E-state index contributed by atoms with van der Waals surface area (Å²) in [5.74, 6) is -1.61. The molecule has 0 bridgehead atoms. The normalized spacial score (nSPS) is 18.0. The first-order chi connectivity index (χ1) is 21.9. The Morgan fingerprint density at radius 3 is 1.96 bits per heavy atom. The van der Waals surface area contributed by atoms with E-state index in [0.29, 0.717) is 19.4 Å². The van der Waals surface area contributed by atoms with Gasteiger partial charge in [-0.3, -0.25) is 14.4 Å². The molecule has 0 spiro atoms. The Labute approximate surface area is 270 Å². The van der Waals surface area contributed by atoms with Crippen LogP contribution in [0.2, 0.25) is 0 Å². The van der Waals surface area contributed by atoms with Gasteiger partial charge >= 0.3 is 6.09 Å². The van der Waals surface area contributed by atoms with Crippen LogP contribution in [0.4, 0.5) is 4.79 Å². The monoisotopic (exact) mass is 637 g/mol. The smallest absolute Gasteiger partial charge is 0.407 e. The Bertz CT molecular complexity index is 1320. The molecule has 4 amide bonds. The third-order valence-electron chi connectivity index (χ3n) is 7.68. The molecule has 0 aliphatic carbocycles. The standard InChI is InChI=1S/C34H47N5O7/c1-22(2)18-25(29(35)34(3)21-45-34)37-30(40)26(19-24-14-10-7-11-15-24)38-31(41)27(20-44-5)39-32(42)28(46-33(43)36-4)17-16-23-12-8-6-9-13-23/h6-15,22,25-28,35H,16-21H2,1-5H3,(H,36,43)(H,37,40)(H,38,41)(H,39,42)/t25-,26-,27-,28?,34+/m0/s1. The van der Waals surface area contributed by atoms with Gasteiger partial charge in [0.25, 0.3) is 5.91 Å². The quantitative estimate of drug-likeness (QED) is 0.123. The summed E-state index contributed by atoms with van der Waals surface area (Å²) in [7, 11) is 2.77. The summed E-state index contributed by atoms with van der Waals surface area (Å²) in [6.45, 7) is 6.04. The summed E-state index contributed by atoms with van der Waals surface area (Å²) < 4.78 is 16.1. The van der Waals surface area contributed by atoms with E-state index in [1.165, 1.54) is 14.2 Å². The molecular formula is C34H47N5O7. The van der Waals surface area contributed by atoms with E-state index in [9.17, 15) is 19.2 Å². The van der Waals surface area contributed by atoms with Crippen molar-refractivity contribution in [1.82, 2.24) is 21.3 Å². The number of amides is 4. The highest BCUT2D eigenvalue weighted by Crippen LogP contribution is 2.30. The number of rotatable bonds is 18. The molecular weight excluding hydrogens is 590 g/mol. The number of nitrogens with one attached hydrogen (secondary N) is 5. The van der Waals surface area contributed by atoms with Crippen molar-refractivity contribution in [2.75, 3.05) is 27.4 Å². The number of benzene rings is 2. The molecule has 5 atom stereocenters. The molecule has 250 valence electrons. The van der Waals surface area contributed by atoms with Gasteiger partial charge in [0.15, 0.2) is 6.10 Å². The lowest BCUT2D eigenvalue weighted by Gasteiger charge is -2.28. The summed E-state index contributed by atoms with van der Waals surface area (Å²) in [5.41, 5.74) is 1.32. The third-order valence-corrected chi connectivity index (χ3v) is 7.68. The van der Waals surface area contributed by atoms with Crippen molar-refractivity contribution >= 4 is 29.5 Å². The fraction of sp³-hybridized carbons (Fsp3) is 0.500. The summed E-state index contributed by atoms with van der Waals surface area (Å²) in [5, 5.41) is 19.5. The van der Waals surface area contributed by atoms with Crippen molar-refractivity contribution in [3.63, 3.8) is 0 Å². The minimum atomic E-state index is -1.19. The first kappa shape index (κ1) is 36.2. The van der Waals surface area contributed by atoms with Crippen molar-refractivity contribution < 1.29 is 33.4 Å². The van der Waals surface area contributed by atoms with Gasteiger partial charge in [0, 0.05) is 20.6 Å². The van der Waals surface area contributed by atoms with Crippen LogP contribution in [0, 0.1) is 11.3 Å². The summed E-state index contributed by atoms with van der Waals surface area (Å²) in [4.78, 5) is 52.9. The highest BCUT2D eigenvalue weighted by atomic mass is 16.6. The maximum absolute atomic E-state index is 13.8. The predicted octanol–water partition coefficient (Wildman–Crippen LogP) is 2.54.